The summed E-state index contributed by atoms with van der Waals surface area (Å²) in [5, 5.41) is 4.31. The van der Waals surface area contributed by atoms with Crippen LogP contribution >= 0.6 is 0 Å². The summed E-state index contributed by atoms with van der Waals surface area (Å²) in [6.45, 7) is 6.53. The number of hydrogen-bond donors (Lipinski definition) is 1. The Morgan fingerprint density at radius 3 is 2.94 bits per heavy atom. The first-order chi connectivity index (χ1) is 8.57. The van der Waals surface area contributed by atoms with E-state index >= 15 is 0 Å². The summed E-state index contributed by atoms with van der Waals surface area (Å²) in [5.41, 5.74) is 6.62. The largest absolute Gasteiger partial charge is 0.324 e. The highest BCUT2D eigenvalue weighted by atomic mass is 15.3. The Morgan fingerprint density at radius 1 is 1.50 bits per heavy atom. The standard InChI is InChI=1S/C14H26N4/c1-4-12-7-5-6-8-14(12,15)9-13-16-10-17-18(13)11(2)3/h10-12H,4-9,15H2,1-3H3. The number of nitrogens with zero attached hydrogens (tertiary/aromatic N) is 3. The minimum absolute atomic E-state index is 0.0767. The average Bonchev–Trinajstić information content (AvgIpc) is 2.77. The van der Waals surface area contributed by atoms with Crippen LogP contribution in [0.15, 0.2) is 6.33 Å². The topological polar surface area (TPSA) is 56.7 Å². The lowest BCUT2D eigenvalue weighted by molar-refractivity contribution is 0.177. The van der Waals surface area contributed by atoms with Gasteiger partial charge in [0.2, 0.25) is 0 Å². The van der Waals surface area contributed by atoms with E-state index < -0.39 is 0 Å². The Labute approximate surface area is 110 Å². The first-order valence-corrected chi connectivity index (χ1v) is 7.24. The predicted octanol–water partition coefficient (Wildman–Crippen LogP) is 2.70. The molecule has 1 aliphatic carbocycles. The quantitative estimate of drug-likeness (QED) is 0.894. The molecule has 18 heavy (non-hydrogen) atoms. The first-order valence-electron chi connectivity index (χ1n) is 7.24. The molecule has 1 saturated carbocycles. The number of rotatable bonds is 4. The van der Waals surface area contributed by atoms with Crippen LogP contribution in [-0.2, 0) is 6.42 Å². The Hall–Kier alpha value is -0.900. The van der Waals surface area contributed by atoms with Crippen molar-refractivity contribution in [2.24, 2.45) is 11.7 Å². The molecule has 0 saturated heterocycles. The van der Waals surface area contributed by atoms with Gasteiger partial charge in [0.15, 0.2) is 0 Å². The molecule has 1 heterocycles. The lowest BCUT2D eigenvalue weighted by Gasteiger charge is -2.41. The highest BCUT2D eigenvalue weighted by Crippen LogP contribution is 2.36. The molecular weight excluding hydrogens is 224 g/mol. The van der Waals surface area contributed by atoms with E-state index in [-0.39, 0.29) is 5.54 Å². The highest BCUT2D eigenvalue weighted by Gasteiger charge is 2.37. The molecule has 4 heteroatoms. The van der Waals surface area contributed by atoms with E-state index in [4.69, 9.17) is 5.73 Å². The zero-order chi connectivity index (χ0) is 13.2. The first kappa shape index (κ1) is 13.5. The van der Waals surface area contributed by atoms with E-state index in [2.05, 4.69) is 30.9 Å². The Kier molecular flexibility index (Phi) is 4.05. The molecule has 1 aromatic heterocycles. The fourth-order valence-corrected chi connectivity index (χ4v) is 3.31. The average molecular weight is 250 g/mol. The molecule has 0 amide bonds. The van der Waals surface area contributed by atoms with Crippen molar-refractivity contribution in [2.75, 3.05) is 0 Å². The second kappa shape index (κ2) is 5.39. The lowest BCUT2D eigenvalue weighted by Crippen LogP contribution is -2.51. The van der Waals surface area contributed by atoms with Crippen LogP contribution in [0.25, 0.3) is 0 Å². The van der Waals surface area contributed by atoms with Gasteiger partial charge in [-0.05, 0) is 32.6 Å². The van der Waals surface area contributed by atoms with E-state index in [0.717, 1.165) is 18.7 Å². The van der Waals surface area contributed by atoms with Gasteiger partial charge >= 0.3 is 0 Å². The van der Waals surface area contributed by atoms with Gasteiger partial charge in [0.1, 0.15) is 12.2 Å². The van der Waals surface area contributed by atoms with E-state index in [1.165, 1.54) is 25.7 Å². The van der Waals surface area contributed by atoms with E-state index in [9.17, 15) is 0 Å². The SMILES string of the molecule is CCC1CCCCC1(N)Cc1ncnn1C(C)C. The number of aromatic nitrogens is 3. The summed E-state index contributed by atoms with van der Waals surface area (Å²) in [6.07, 6.45) is 8.66. The summed E-state index contributed by atoms with van der Waals surface area (Å²) in [7, 11) is 0. The Bertz CT molecular complexity index is 385. The van der Waals surface area contributed by atoms with Gasteiger partial charge < -0.3 is 5.73 Å². The molecule has 1 aliphatic rings. The minimum Gasteiger partial charge on any atom is -0.324 e. The van der Waals surface area contributed by atoms with Crippen LogP contribution in [0, 0.1) is 5.92 Å². The van der Waals surface area contributed by atoms with Gasteiger partial charge in [-0.25, -0.2) is 9.67 Å². The minimum atomic E-state index is -0.0767. The fraction of sp³-hybridized carbons (Fsp3) is 0.857. The van der Waals surface area contributed by atoms with Crippen LogP contribution in [0.5, 0.6) is 0 Å². The maximum absolute atomic E-state index is 6.69. The van der Waals surface area contributed by atoms with Gasteiger partial charge in [0, 0.05) is 18.0 Å². The number of hydrogen-bond acceptors (Lipinski definition) is 3. The Balaban J connectivity index is 2.17. The van der Waals surface area contributed by atoms with E-state index in [1.807, 2.05) is 4.68 Å². The molecular formula is C14H26N4. The van der Waals surface area contributed by atoms with Crippen LogP contribution < -0.4 is 5.73 Å². The van der Waals surface area contributed by atoms with Crippen LogP contribution in [-0.4, -0.2) is 20.3 Å². The smallest absolute Gasteiger partial charge is 0.138 e. The Morgan fingerprint density at radius 2 is 2.28 bits per heavy atom. The molecule has 0 bridgehead atoms. The van der Waals surface area contributed by atoms with Crippen molar-refractivity contribution in [1.29, 1.82) is 0 Å². The van der Waals surface area contributed by atoms with Crippen molar-refractivity contribution in [3.8, 4) is 0 Å². The molecule has 4 nitrogen and oxygen atoms in total. The van der Waals surface area contributed by atoms with Crippen molar-refractivity contribution < 1.29 is 0 Å². The second-order valence-corrected chi connectivity index (χ2v) is 5.98. The molecule has 0 aliphatic heterocycles. The summed E-state index contributed by atoms with van der Waals surface area (Å²) < 4.78 is 2.01. The number of nitrogens with two attached hydrogens (primary N) is 1. The molecule has 1 fully saturated rings. The third kappa shape index (κ3) is 2.58. The summed E-state index contributed by atoms with van der Waals surface area (Å²) >= 11 is 0. The van der Waals surface area contributed by atoms with Crippen LogP contribution in [0.4, 0.5) is 0 Å². The molecule has 2 N–H and O–H groups in total. The van der Waals surface area contributed by atoms with Crippen molar-refractivity contribution in [1.82, 2.24) is 14.8 Å². The maximum atomic E-state index is 6.69. The highest BCUT2D eigenvalue weighted by molar-refractivity contribution is 5.03. The second-order valence-electron chi connectivity index (χ2n) is 5.98. The molecule has 1 aromatic rings. The zero-order valence-corrected chi connectivity index (χ0v) is 11.9. The normalized spacial score (nSPS) is 28.8. The molecule has 102 valence electrons. The van der Waals surface area contributed by atoms with Gasteiger partial charge in [-0.2, -0.15) is 5.10 Å². The fourth-order valence-electron chi connectivity index (χ4n) is 3.31. The molecule has 2 rings (SSSR count). The lowest BCUT2D eigenvalue weighted by atomic mass is 9.70. The summed E-state index contributed by atoms with van der Waals surface area (Å²) in [5.74, 6) is 1.68. The maximum Gasteiger partial charge on any atom is 0.138 e. The van der Waals surface area contributed by atoms with Gasteiger partial charge in [0.05, 0.1) is 0 Å². The molecule has 0 aromatic carbocycles. The predicted molar refractivity (Wildman–Crippen MR) is 73.3 cm³/mol. The zero-order valence-electron chi connectivity index (χ0n) is 11.9. The van der Waals surface area contributed by atoms with Crippen molar-refractivity contribution in [2.45, 2.75) is 70.9 Å². The van der Waals surface area contributed by atoms with Gasteiger partial charge in [-0.3, -0.25) is 0 Å². The third-order valence-electron chi connectivity index (χ3n) is 4.37. The van der Waals surface area contributed by atoms with Gasteiger partial charge in [-0.1, -0.05) is 26.2 Å². The molecule has 0 spiro atoms. The monoisotopic (exact) mass is 250 g/mol. The van der Waals surface area contributed by atoms with E-state index in [0.29, 0.717) is 12.0 Å². The summed E-state index contributed by atoms with van der Waals surface area (Å²) in [6, 6.07) is 0.356. The van der Waals surface area contributed by atoms with Crippen molar-refractivity contribution in [3.05, 3.63) is 12.2 Å². The third-order valence-corrected chi connectivity index (χ3v) is 4.37. The molecule has 2 atom stereocenters. The van der Waals surface area contributed by atoms with E-state index in [1.54, 1.807) is 6.33 Å². The summed E-state index contributed by atoms with van der Waals surface area (Å²) in [4.78, 5) is 4.42. The molecule has 0 radical (unpaired) electrons. The van der Waals surface area contributed by atoms with Crippen molar-refractivity contribution in [3.63, 3.8) is 0 Å². The van der Waals surface area contributed by atoms with Crippen molar-refractivity contribution >= 4 is 0 Å². The van der Waals surface area contributed by atoms with Crippen LogP contribution in [0.2, 0.25) is 0 Å². The van der Waals surface area contributed by atoms with Gasteiger partial charge in [-0.15, -0.1) is 0 Å². The van der Waals surface area contributed by atoms with Gasteiger partial charge in [0.25, 0.3) is 0 Å². The van der Waals surface area contributed by atoms with Crippen LogP contribution in [0.3, 0.4) is 0 Å². The molecule has 2 unspecified atom stereocenters. The van der Waals surface area contributed by atoms with Crippen LogP contribution in [0.1, 0.15) is 64.7 Å².